The lowest BCUT2D eigenvalue weighted by Crippen LogP contribution is -2.38. The van der Waals surface area contributed by atoms with E-state index >= 15 is 0 Å². The summed E-state index contributed by atoms with van der Waals surface area (Å²) in [6.07, 6.45) is 2.73. The molecule has 1 heterocycles. The zero-order valence-electron chi connectivity index (χ0n) is 12.0. The van der Waals surface area contributed by atoms with E-state index in [9.17, 15) is 13.6 Å². The summed E-state index contributed by atoms with van der Waals surface area (Å²) >= 11 is 1.79. The van der Waals surface area contributed by atoms with Crippen molar-refractivity contribution >= 4 is 23.4 Å². The Balaban J connectivity index is 2.07. The van der Waals surface area contributed by atoms with E-state index < -0.39 is 17.5 Å². The summed E-state index contributed by atoms with van der Waals surface area (Å²) in [4.78, 5) is 12.1. The van der Waals surface area contributed by atoms with E-state index in [0.717, 1.165) is 42.9 Å². The Bertz CT molecular complexity index is 481. The van der Waals surface area contributed by atoms with E-state index in [1.54, 1.807) is 11.8 Å². The zero-order chi connectivity index (χ0) is 15.2. The van der Waals surface area contributed by atoms with E-state index in [2.05, 4.69) is 10.6 Å². The van der Waals surface area contributed by atoms with Crippen LogP contribution in [0.4, 0.5) is 14.5 Å². The molecule has 1 unspecified atom stereocenters. The largest absolute Gasteiger partial charge is 0.380 e. The van der Waals surface area contributed by atoms with Crippen molar-refractivity contribution in [3.63, 3.8) is 0 Å². The second-order valence-corrected chi connectivity index (χ2v) is 6.28. The number of halogens is 2. The highest BCUT2D eigenvalue weighted by Gasteiger charge is 2.19. The van der Waals surface area contributed by atoms with E-state index in [0.29, 0.717) is 6.54 Å². The third-order valence-corrected chi connectivity index (χ3v) is 4.57. The molecule has 1 aliphatic heterocycles. The second-order valence-electron chi connectivity index (χ2n) is 5.13. The Morgan fingerprint density at radius 2 is 2.10 bits per heavy atom. The molecule has 1 saturated heterocycles. The molecule has 2 N–H and O–H groups in total. The first-order chi connectivity index (χ1) is 10.1. The maximum atomic E-state index is 13.9. The van der Waals surface area contributed by atoms with Gasteiger partial charge in [0.1, 0.15) is 17.3 Å². The molecule has 1 aromatic carbocycles. The van der Waals surface area contributed by atoms with Crippen molar-refractivity contribution in [1.82, 2.24) is 5.32 Å². The Morgan fingerprint density at radius 3 is 2.67 bits per heavy atom. The minimum absolute atomic E-state index is 0.0302. The SMILES string of the molecule is CCCNc1c(F)cc(C(=O)NC2CCCSC2)cc1F. The molecule has 1 amide bonds. The number of rotatable bonds is 5. The predicted octanol–water partition coefficient (Wildman–Crippen LogP) is 3.41. The first-order valence-electron chi connectivity index (χ1n) is 7.23. The van der Waals surface area contributed by atoms with Crippen molar-refractivity contribution in [2.45, 2.75) is 32.2 Å². The first kappa shape index (κ1) is 16.1. The van der Waals surface area contributed by atoms with Crippen LogP contribution in [0.3, 0.4) is 0 Å². The summed E-state index contributed by atoms with van der Waals surface area (Å²) in [5.41, 5.74) is -0.135. The molecule has 116 valence electrons. The van der Waals surface area contributed by atoms with Crippen LogP contribution in [0.25, 0.3) is 0 Å². The van der Waals surface area contributed by atoms with E-state index in [1.807, 2.05) is 6.92 Å². The molecular weight excluding hydrogens is 294 g/mol. The van der Waals surface area contributed by atoms with Gasteiger partial charge in [-0.05, 0) is 37.1 Å². The van der Waals surface area contributed by atoms with Gasteiger partial charge in [-0.3, -0.25) is 4.79 Å². The number of amides is 1. The Morgan fingerprint density at radius 1 is 1.38 bits per heavy atom. The molecule has 1 aromatic rings. The number of hydrogen-bond acceptors (Lipinski definition) is 3. The lowest BCUT2D eigenvalue weighted by Gasteiger charge is -2.22. The lowest BCUT2D eigenvalue weighted by molar-refractivity contribution is 0.0937. The Labute approximate surface area is 127 Å². The molecule has 0 aliphatic carbocycles. The van der Waals surface area contributed by atoms with Crippen molar-refractivity contribution < 1.29 is 13.6 Å². The molecule has 0 aromatic heterocycles. The van der Waals surface area contributed by atoms with Gasteiger partial charge >= 0.3 is 0 Å². The van der Waals surface area contributed by atoms with Gasteiger partial charge in [-0.25, -0.2) is 8.78 Å². The summed E-state index contributed by atoms with van der Waals surface area (Å²) < 4.78 is 27.8. The summed E-state index contributed by atoms with van der Waals surface area (Å²) in [6.45, 7) is 2.39. The third kappa shape index (κ3) is 4.33. The maximum absolute atomic E-state index is 13.9. The van der Waals surface area contributed by atoms with Crippen LogP contribution in [0.15, 0.2) is 12.1 Å². The van der Waals surface area contributed by atoms with Crippen LogP contribution in [0.5, 0.6) is 0 Å². The summed E-state index contributed by atoms with van der Waals surface area (Å²) in [7, 11) is 0. The highest BCUT2D eigenvalue weighted by Crippen LogP contribution is 2.22. The highest BCUT2D eigenvalue weighted by molar-refractivity contribution is 7.99. The Kier molecular flexibility index (Phi) is 5.85. The monoisotopic (exact) mass is 314 g/mol. The van der Waals surface area contributed by atoms with E-state index in [1.165, 1.54) is 0 Å². The fourth-order valence-electron chi connectivity index (χ4n) is 2.25. The molecule has 1 atom stereocenters. The average molecular weight is 314 g/mol. The molecule has 1 fully saturated rings. The van der Waals surface area contributed by atoms with Gasteiger partial charge in [-0.15, -0.1) is 0 Å². The van der Waals surface area contributed by atoms with Crippen molar-refractivity contribution in [3.8, 4) is 0 Å². The molecule has 0 bridgehead atoms. The second kappa shape index (κ2) is 7.64. The predicted molar refractivity (Wildman–Crippen MR) is 83.0 cm³/mol. The van der Waals surface area contributed by atoms with E-state index in [4.69, 9.17) is 0 Å². The summed E-state index contributed by atoms with van der Waals surface area (Å²) in [5, 5.41) is 5.53. The van der Waals surface area contributed by atoms with Gasteiger partial charge in [0.2, 0.25) is 0 Å². The molecule has 0 radical (unpaired) electrons. The van der Waals surface area contributed by atoms with Crippen LogP contribution in [0.1, 0.15) is 36.5 Å². The topological polar surface area (TPSA) is 41.1 Å². The standard InChI is InChI=1S/C15H20F2N2OS/c1-2-5-18-14-12(16)7-10(8-13(14)17)15(20)19-11-4-3-6-21-9-11/h7-8,11,18H,2-6,9H2,1H3,(H,19,20). The molecule has 1 aliphatic rings. The minimum atomic E-state index is -0.730. The molecule has 2 rings (SSSR count). The first-order valence-corrected chi connectivity index (χ1v) is 8.38. The van der Waals surface area contributed by atoms with Crippen LogP contribution in [-0.4, -0.2) is 30.0 Å². The van der Waals surface area contributed by atoms with Crippen LogP contribution in [-0.2, 0) is 0 Å². The van der Waals surface area contributed by atoms with Crippen LogP contribution in [0.2, 0.25) is 0 Å². The normalized spacial score (nSPS) is 18.3. The molecule has 3 nitrogen and oxygen atoms in total. The minimum Gasteiger partial charge on any atom is -0.380 e. The average Bonchev–Trinajstić information content (AvgIpc) is 2.47. The third-order valence-electron chi connectivity index (χ3n) is 3.35. The smallest absolute Gasteiger partial charge is 0.251 e. The molecule has 6 heteroatoms. The highest BCUT2D eigenvalue weighted by atomic mass is 32.2. The van der Waals surface area contributed by atoms with Gasteiger partial charge in [0.05, 0.1) is 0 Å². The quantitative estimate of drug-likeness (QED) is 0.875. The fourth-order valence-corrected chi connectivity index (χ4v) is 3.32. The number of carbonyl (C=O) groups is 1. The number of hydrogen-bond donors (Lipinski definition) is 2. The van der Waals surface area contributed by atoms with Gasteiger partial charge in [0.25, 0.3) is 5.91 Å². The maximum Gasteiger partial charge on any atom is 0.251 e. The number of thioether (sulfide) groups is 1. The van der Waals surface area contributed by atoms with Crippen molar-refractivity contribution in [2.24, 2.45) is 0 Å². The lowest BCUT2D eigenvalue weighted by atomic mass is 10.1. The van der Waals surface area contributed by atoms with Crippen molar-refractivity contribution in [2.75, 3.05) is 23.4 Å². The van der Waals surface area contributed by atoms with Crippen LogP contribution < -0.4 is 10.6 Å². The van der Waals surface area contributed by atoms with E-state index in [-0.39, 0.29) is 17.3 Å². The summed E-state index contributed by atoms with van der Waals surface area (Å²) in [6, 6.07) is 2.26. The van der Waals surface area contributed by atoms with Gasteiger partial charge in [0.15, 0.2) is 0 Å². The fraction of sp³-hybridized carbons (Fsp3) is 0.533. The van der Waals surface area contributed by atoms with Gasteiger partial charge < -0.3 is 10.6 Å². The number of carbonyl (C=O) groups excluding carboxylic acids is 1. The van der Waals surface area contributed by atoms with Crippen LogP contribution >= 0.6 is 11.8 Å². The summed E-state index contributed by atoms with van der Waals surface area (Å²) in [5.74, 6) is 0.0841. The van der Waals surface area contributed by atoms with Crippen LogP contribution in [0, 0.1) is 11.6 Å². The molecule has 0 saturated carbocycles. The molecular formula is C15H20F2N2OS. The number of nitrogens with one attached hydrogen (secondary N) is 2. The molecule has 0 spiro atoms. The zero-order valence-corrected chi connectivity index (χ0v) is 12.9. The number of benzene rings is 1. The number of anilines is 1. The van der Waals surface area contributed by atoms with Gasteiger partial charge in [-0.2, -0.15) is 11.8 Å². The van der Waals surface area contributed by atoms with Crippen molar-refractivity contribution in [1.29, 1.82) is 0 Å². The Hall–Kier alpha value is -1.30. The van der Waals surface area contributed by atoms with Gasteiger partial charge in [0, 0.05) is 23.9 Å². The molecule has 21 heavy (non-hydrogen) atoms. The van der Waals surface area contributed by atoms with Gasteiger partial charge in [-0.1, -0.05) is 6.92 Å². The van der Waals surface area contributed by atoms with Crippen molar-refractivity contribution in [3.05, 3.63) is 29.3 Å².